The molecule has 2 nitrogen and oxygen atoms in total. The summed E-state index contributed by atoms with van der Waals surface area (Å²) in [6.45, 7) is 6.74. The van der Waals surface area contributed by atoms with Gasteiger partial charge in [0.05, 0.1) is 10.8 Å². The molecule has 1 aliphatic heterocycles. The monoisotopic (exact) mass is 278 g/mol. The van der Waals surface area contributed by atoms with Crippen molar-refractivity contribution in [1.29, 1.82) is 0 Å². The molecule has 0 aliphatic carbocycles. The Balaban J connectivity index is 2.17. The highest BCUT2D eigenvalue weighted by atomic mass is 35.5. The van der Waals surface area contributed by atoms with Crippen LogP contribution >= 0.6 is 34.5 Å². The molecule has 1 aliphatic rings. The van der Waals surface area contributed by atoms with E-state index in [1.165, 1.54) is 12.8 Å². The summed E-state index contributed by atoms with van der Waals surface area (Å²) in [7, 11) is 0. The number of hydrogen-bond acceptors (Lipinski definition) is 3. The molecule has 5 heteroatoms. The van der Waals surface area contributed by atoms with Gasteiger partial charge in [-0.1, -0.05) is 36.8 Å². The number of thiazole rings is 1. The first-order chi connectivity index (χ1) is 7.52. The summed E-state index contributed by atoms with van der Waals surface area (Å²) in [5.74, 6) is 0.452. The van der Waals surface area contributed by atoms with E-state index in [0.717, 1.165) is 23.1 Å². The Morgan fingerprint density at radius 2 is 2.25 bits per heavy atom. The van der Waals surface area contributed by atoms with E-state index < -0.39 is 0 Å². The Morgan fingerprint density at radius 3 is 2.81 bits per heavy atom. The predicted molar refractivity (Wildman–Crippen MR) is 71.9 cm³/mol. The predicted octanol–water partition coefficient (Wildman–Crippen LogP) is 4.16. The van der Waals surface area contributed by atoms with E-state index in [4.69, 9.17) is 23.2 Å². The van der Waals surface area contributed by atoms with Crippen molar-refractivity contribution >= 4 is 39.7 Å². The molecule has 0 bridgehead atoms. The van der Waals surface area contributed by atoms with Gasteiger partial charge in [-0.05, 0) is 18.3 Å². The molecule has 1 aromatic rings. The smallest absolute Gasteiger partial charge is 0.187 e. The molecule has 2 heterocycles. The highest BCUT2D eigenvalue weighted by molar-refractivity contribution is 7.16. The number of halogens is 2. The zero-order valence-electron chi connectivity index (χ0n) is 9.59. The summed E-state index contributed by atoms with van der Waals surface area (Å²) in [4.78, 5) is 7.70. The van der Waals surface area contributed by atoms with Crippen LogP contribution in [0.2, 0.25) is 5.15 Å². The number of nitrogens with zero attached hydrogens (tertiary/aromatic N) is 2. The van der Waals surface area contributed by atoms with Gasteiger partial charge >= 0.3 is 0 Å². The van der Waals surface area contributed by atoms with Crippen LogP contribution in [0.1, 0.15) is 31.6 Å². The highest BCUT2D eigenvalue weighted by Gasteiger charge is 2.28. The Kier molecular flexibility index (Phi) is 3.67. The second kappa shape index (κ2) is 4.71. The van der Waals surface area contributed by atoms with Crippen molar-refractivity contribution in [1.82, 2.24) is 4.98 Å². The minimum Gasteiger partial charge on any atom is -0.348 e. The fraction of sp³-hybridized carbons (Fsp3) is 0.727. The molecule has 1 fully saturated rings. The van der Waals surface area contributed by atoms with Crippen molar-refractivity contribution in [2.75, 3.05) is 18.0 Å². The van der Waals surface area contributed by atoms with Crippen LogP contribution in [0.15, 0.2) is 0 Å². The summed E-state index contributed by atoms with van der Waals surface area (Å²) in [5, 5.41) is 1.59. The molecule has 90 valence electrons. The van der Waals surface area contributed by atoms with Crippen LogP contribution in [-0.4, -0.2) is 18.1 Å². The molecule has 0 N–H and O–H groups in total. The van der Waals surface area contributed by atoms with E-state index in [2.05, 4.69) is 23.7 Å². The molecule has 0 radical (unpaired) electrons. The van der Waals surface area contributed by atoms with E-state index in [1.54, 1.807) is 11.3 Å². The normalized spacial score (nSPS) is 20.1. The van der Waals surface area contributed by atoms with Crippen LogP contribution in [-0.2, 0) is 5.88 Å². The van der Waals surface area contributed by atoms with Crippen molar-refractivity contribution in [3.05, 3.63) is 10.0 Å². The molecular weight excluding hydrogens is 263 g/mol. The van der Waals surface area contributed by atoms with Crippen molar-refractivity contribution in [2.24, 2.45) is 5.41 Å². The summed E-state index contributed by atoms with van der Waals surface area (Å²) < 4.78 is 0. The quantitative estimate of drug-likeness (QED) is 0.756. The number of anilines is 1. The summed E-state index contributed by atoms with van der Waals surface area (Å²) >= 11 is 13.4. The lowest BCUT2D eigenvalue weighted by molar-refractivity contribution is 0.293. The number of piperidine rings is 1. The Bertz CT molecular complexity index is 376. The van der Waals surface area contributed by atoms with Gasteiger partial charge in [0.1, 0.15) is 5.15 Å². The molecule has 0 spiro atoms. The zero-order chi connectivity index (χ0) is 11.8. The van der Waals surface area contributed by atoms with Crippen LogP contribution in [0.3, 0.4) is 0 Å². The molecule has 16 heavy (non-hydrogen) atoms. The third kappa shape index (κ3) is 2.63. The minimum absolute atomic E-state index is 0.373. The number of alkyl halides is 1. The molecule has 1 aromatic heterocycles. The Labute approximate surface area is 111 Å². The molecular formula is C11H16Cl2N2S. The first kappa shape index (κ1) is 12.5. The van der Waals surface area contributed by atoms with Gasteiger partial charge in [-0.15, -0.1) is 11.6 Å². The average Bonchev–Trinajstić information content (AvgIpc) is 2.58. The summed E-state index contributed by atoms with van der Waals surface area (Å²) in [6, 6.07) is 0. The van der Waals surface area contributed by atoms with Gasteiger partial charge < -0.3 is 4.90 Å². The summed E-state index contributed by atoms with van der Waals surface area (Å²) in [5.41, 5.74) is 0.373. The van der Waals surface area contributed by atoms with Gasteiger partial charge in [-0.25, -0.2) is 4.98 Å². The maximum absolute atomic E-state index is 6.02. The maximum atomic E-state index is 6.02. The van der Waals surface area contributed by atoms with Gasteiger partial charge in [-0.3, -0.25) is 0 Å². The van der Waals surface area contributed by atoms with E-state index in [1.807, 2.05) is 0 Å². The Hall–Kier alpha value is 0.01000. The molecule has 0 aromatic carbocycles. The SMILES string of the molecule is CC1(C)CCCN(c2nc(Cl)c(CCl)s2)C1. The lowest BCUT2D eigenvalue weighted by Gasteiger charge is -2.37. The van der Waals surface area contributed by atoms with E-state index in [9.17, 15) is 0 Å². The minimum atomic E-state index is 0.373. The van der Waals surface area contributed by atoms with Gasteiger partial charge in [0.15, 0.2) is 5.13 Å². The van der Waals surface area contributed by atoms with Crippen LogP contribution in [0, 0.1) is 5.41 Å². The fourth-order valence-corrected chi connectivity index (χ4v) is 3.62. The van der Waals surface area contributed by atoms with Crippen molar-refractivity contribution in [3.63, 3.8) is 0 Å². The molecule has 0 saturated carbocycles. The van der Waals surface area contributed by atoms with E-state index >= 15 is 0 Å². The largest absolute Gasteiger partial charge is 0.348 e. The van der Waals surface area contributed by atoms with Crippen LogP contribution in [0.25, 0.3) is 0 Å². The standard InChI is InChI=1S/C11H16Cl2N2S/c1-11(2)4-3-5-15(7-11)10-14-9(13)8(6-12)16-10/h3-7H2,1-2H3. The van der Waals surface area contributed by atoms with Crippen molar-refractivity contribution in [3.8, 4) is 0 Å². The van der Waals surface area contributed by atoms with Crippen molar-refractivity contribution in [2.45, 2.75) is 32.6 Å². The number of aromatic nitrogens is 1. The first-order valence-electron chi connectivity index (χ1n) is 5.48. The van der Waals surface area contributed by atoms with E-state index in [0.29, 0.717) is 16.4 Å². The third-order valence-corrected chi connectivity index (χ3v) is 4.90. The molecule has 0 unspecified atom stereocenters. The lowest BCUT2D eigenvalue weighted by atomic mass is 9.84. The zero-order valence-corrected chi connectivity index (χ0v) is 11.9. The van der Waals surface area contributed by atoms with Crippen molar-refractivity contribution < 1.29 is 0 Å². The van der Waals surface area contributed by atoms with Crippen LogP contribution < -0.4 is 4.90 Å². The third-order valence-electron chi connectivity index (χ3n) is 2.93. The number of hydrogen-bond donors (Lipinski definition) is 0. The Morgan fingerprint density at radius 1 is 1.50 bits per heavy atom. The van der Waals surface area contributed by atoms with Gasteiger partial charge in [0, 0.05) is 13.1 Å². The molecule has 1 saturated heterocycles. The van der Waals surface area contributed by atoms with E-state index in [-0.39, 0.29) is 0 Å². The second-order valence-corrected chi connectivity index (χ2v) is 6.72. The lowest BCUT2D eigenvalue weighted by Crippen LogP contribution is -2.40. The molecule has 0 amide bonds. The van der Waals surface area contributed by atoms with Crippen LogP contribution in [0.4, 0.5) is 5.13 Å². The first-order valence-corrected chi connectivity index (χ1v) is 7.21. The van der Waals surface area contributed by atoms with Gasteiger partial charge in [0.25, 0.3) is 0 Å². The topological polar surface area (TPSA) is 16.1 Å². The molecule has 2 rings (SSSR count). The molecule has 0 atom stereocenters. The van der Waals surface area contributed by atoms with Crippen LogP contribution in [0.5, 0.6) is 0 Å². The highest BCUT2D eigenvalue weighted by Crippen LogP contribution is 2.36. The maximum Gasteiger partial charge on any atom is 0.187 e. The summed E-state index contributed by atoms with van der Waals surface area (Å²) in [6.07, 6.45) is 2.51. The number of rotatable bonds is 2. The second-order valence-electron chi connectivity index (χ2n) is 5.03. The van der Waals surface area contributed by atoms with Gasteiger partial charge in [-0.2, -0.15) is 0 Å². The fourth-order valence-electron chi connectivity index (χ4n) is 2.13. The van der Waals surface area contributed by atoms with Gasteiger partial charge in [0.2, 0.25) is 0 Å². The average molecular weight is 279 g/mol.